The first-order valence-electron chi connectivity index (χ1n) is 3.81. The van der Waals surface area contributed by atoms with Crippen molar-refractivity contribution in [2.75, 3.05) is 27.7 Å². The first kappa shape index (κ1) is 18.8. The number of nitrogens with zero attached hydrogens (tertiary/aromatic N) is 1. The van der Waals surface area contributed by atoms with E-state index in [1.54, 1.807) is 0 Å². The van der Waals surface area contributed by atoms with Gasteiger partial charge in [-0.15, -0.1) is 24.0 Å². The first-order chi connectivity index (χ1) is 5.15. The highest BCUT2D eigenvalue weighted by molar-refractivity contribution is 14.0. The van der Waals surface area contributed by atoms with Gasteiger partial charge in [0.15, 0.2) is 0 Å². The highest BCUT2D eigenvalue weighted by Gasteiger charge is 2.09. The molecule has 0 aromatic heterocycles. The van der Waals surface area contributed by atoms with Gasteiger partial charge >= 0.3 is 0 Å². The summed E-state index contributed by atoms with van der Waals surface area (Å²) in [4.78, 5) is 8.89. The van der Waals surface area contributed by atoms with Crippen LogP contribution in [0.1, 0.15) is 13.8 Å². The standard InChI is InChI=1S/C6H16NO.C2H4O2.HI/c1-6(8)5-7(2,3)4;1-2(3)4;/h6,8H,5H2,1-4H3;1H3,(H,3,4);1H/q+1;;/p-1. The number of likely N-dealkylation sites (N-methyl/N-ethyl adjacent to an activating group) is 1. The summed E-state index contributed by atoms with van der Waals surface area (Å²) in [7, 11) is 6.19. The van der Waals surface area contributed by atoms with Crippen molar-refractivity contribution >= 4 is 29.9 Å². The molecule has 1 N–H and O–H groups in total. The Morgan fingerprint density at radius 1 is 1.46 bits per heavy atom. The second-order valence-electron chi connectivity index (χ2n) is 3.81. The number of aliphatic hydroxyl groups is 1. The minimum Gasteiger partial charge on any atom is -0.550 e. The van der Waals surface area contributed by atoms with Crippen LogP contribution in [0.5, 0.6) is 0 Å². The maximum absolute atomic E-state index is 8.89. The van der Waals surface area contributed by atoms with Crippen LogP contribution >= 0.6 is 24.0 Å². The fourth-order valence-electron chi connectivity index (χ4n) is 0.793. The molecule has 5 heteroatoms. The number of quaternary nitrogens is 1. The number of halogens is 1. The van der Waals surface area contributed by atoms with Crippen molar-refractivity contribution in [1.82, 2.24) is 0 Å². The van der Waals surface area contributed by atoms with Gasteiger partial charge in [0.1, 0.15) is 12.6 Å². The number of aliphatic hydroxyl groups excluding tert-OH is 1. The normalized spacial score (nSPS) is 11.8. The molecule has 0 aliphatic rings. The Labute approximate surface area is 97.2 Å². The van der Waals surface area contributed by atoms with Gasteiger partial charge in [0.05, 0.1) is 21.1 Å². The van der Waals surface area contributed by atoms with E-state index in [1.807, 2.05) is 6.92 Å². The fraction of sp³-hybridized carbons (Fsp3) is 0.875. The highest BCUT2D eigenvalue weighted by atomic mass is 127. The smallest absolute Gasteiger partial charge is 0.104 e. The number of carbonyl (C=O) groups excluding carboxylic acids is 1. The second kappa shape index (κ2) is 8.71. The van der Waals surface area contributed by atoms with E-state index in [4.69, 9.17) is 15.0 Å². The van der Waals surface area contributed by atoms with E-state index < -0.39 is 5.97 Å². The van der Waals surface area contributed by atoms with E-state index in [2.05, 4.69) is 21.1 Å². The van der Waals surface area contributed by atoms with Gasteiger partial charge in [-0.1, -0.05) is 0 Å². The summed E-state index contributed by atoms with van der Waals surface area (Å²) < 4.78 is 0.831. The number of carboxylic acid groups (broad SMARTS) is 1. The quantitative estimate of drug-likeness (QED) is 0.550. The molecule has 0 aromatic carbocycles. The maximum atomic E-state index is 8.89. The van der Waals surface area contributed by atoms with E-state index >= 15 is 0 Å². The summed E-state index contributed by atoms with van der Waals surface area (Å²) in [5, 5.41) is 17.8. The third-order valence-electron chi connectivity index (χ3n) is 0.812. The summed E-state index contributed by atoms with van der Waals surface area (Å²) in [5.74, 6) is -1.08. The molecule has 1 unspecified atom stereocenters. The number of hydrogen-bond donors (Lipinski definition) is 1. The molecule has 0 rings (SSSR count). The zero-order valence-electron chi connectivity index (χ0n) is 8.90. The zero-order valence-corrected chi connectivity index (χ0v) is 11.2. The Morgan fingerprint density at radius 3 is 1.69 bits per heavy atom. The number of hydrogen-bond acceptors (Lipinski definition) is 3. The van der Waals surface area contributed by atoms with Gasteiger partial charge in [-0.3, -0.25) is 0 Å². The van der Waals surface area contributed by atoms with Crippen molar-refractivity contribution in [3.8, 4) is 0 Å². The van der Waals surface area contributed by atoms with Crippen LogP contribution in [0.15, 0.2) is 0 Å². The van der Waals surface area contributed by atoms with Crippen LogP contribution in [0.3, 0.4) is 0 Å². The fourth-order valence-corrected chi connectivity index (χ4v) is 0.793. The lowest BCUT2D eigenvalue weighted by Gasteiger charge is -2.24. The molecule has 0 aliphatic carbocycles. The van der Waals surface area contributed by atoms with Gasteiger partial charge in [0, 0.05) is 5.97 Å². The molecule has 0 saturated carbocycles. The van der Waals surface area contributed by atoms with Crippen molar-refractivity contribution in [2.24, 2.45) is 0 Å². The summed E-state index contributed by atoms with van der Waals surface area (Å²) in [6, 6.07) is 0. The van der Waals surface area contributed by atoms with Crippen molar-refractivity contribution in [3.63, 3.8) is 0 Å². The number of rotatable bonds is 2. The monoisotopic (exact) mass is 305 g/mol. The third-order valence-corrected chi connectivity index (χ3v) is 0.812. The molecule has 0 amide bonds. The lowest BCUT2D eigenvalue weighted by molar-refractivity contribution is -0.873. The first-order valence-corrected chi connectivity index (χ1v) is 3.81. The minimum absolute atomic E-state index is 0. The Balaban J connectivity index is -0.000000173. The predicted octanol–water partition coefficient (Wildman–Crippen LogP) is -0.552. The van der Waals surface area contributed by atoms with E-state index in [-0.39, 0.29) is 30.1 Å². The van der Waals surface area contributed by atoms with Gasteiger partial charge < -0.3 is 19.5 Å². The molecule has 0 spiro atoms. The predicted molar refractivity (Wildman–Crippen MR) is 60.7 cm³/mol. The molecule has 13 heavy (non-hydrogen) atoms. The van der Waals surface area contributed by atoms with E-state index in [9.17, 15) is 0 Å². The molecule has 0 radical (unpaired) electrons. The Bertz CT molecular complexity index is 128. The minimum atomic E-state index is -1.08. The molecule has 0 aliphatic heterocycles. The van der Waals surface area contributed by atoms with Crippen molar-refractivity contribution < 1.29 is 19.5 Å². The summed E-state index contributed by atoms with van der Waals surface area (Å²) >= 11 is 0. The number of aliphatic carboxylic acids is 1. The Morgan fingerprint density at radius 2 is 1.69 bits per heavy atom. The molecule has 0 heterocycles. The van der Waals surface area contributed by atoms with Gasteiger partial charge in [-0.2, -0.15) is 0 Å². The Hall–Kier alpha value is 0.120. The highest BCUT2D eigenvalue weighted by Crippen LogP contribution is 1.92. The molecule has 0 aromatic rings. The van der Waals surface area contributed by atoms with E-state index in [0.29, 0.717) is 0 Å². The van der Waals surface area contributed by atoms with Gasteiger partial charge in [-0.05, 0) is 13.8 Å². The topological polar surface area (TPSA) is 60.4 Å². The molecule has 4 nitrogen and oxygen atoms in total. The van der Waals surface area contributed by atoms with Crippen molar-refractivity contribution in [3.05, 3.63) is 0 Å². The summed E-state index contributed by atoms with van der Waals surface area (Å²) in [5.41, 5.74) is 0. The van der Waals surface area contributed by atoms with Crippen LogP contribution in [0.2, 0.25) is 0 Å². The SMILES string of the molecule is CC(=O)[O-].CC(O)C[N+](C)(C)C.I. The molecule has 0 fully saturated rings. The van der Waals surface area contributed by atoms with Crippen molar-refractivity contribution in [2.45, 2.75) is 20.0 Å². The average Bonchev–Trinajstić information content (AvgIpc) is 1.52. The molecule has 0 bridgehead atoms. The molecule has 1 atom stereocenters. The molecular formula is C8H20INO3. The van der Waals surface area contributed by atoms with Crippen LogP contribution in [0, 0.1) is 0 Å². The molecular weight excluding hydrogens is 285 g/mol. The average molecular weight is 305 g/mol. The second-order valence-corrected chi connectivity index (χ2v) is 3.81. The van der Waals surface area contributed by atoms with Crippen molar-refractivity contribution in [1.29, 1.82) is 0 Å². The Kier molecular flexibility index (Phi) is 12.6. The van der Waals surface area contributed by atoms with Gasteiger partial charge in [0.25, 0.3) is 0 Å². The summed E-state index contributed by atoms with van der Waals surface area (Å²) in [6.45, 7) is 3.60. The third kappa shape index (κ3) is 47.4. The number of carbonyl (C=O) groups is 1. The van der Waals surface area contributed by atoms with Crippen LogP contribution in [-0.4, -0.2) is 49.4 Å². The van der Waals surface area contributed by atoms with Crippen LogP contribution in [-0.2, 0) is 4.79 Å². The lowest BCUT2D eigenvalue weighted by atomic mass is 10.3. The number of carboxylic acids is 1. The zero-order chi connectivity index (χ0) is 10.4. The molecule has 82 valence electrons. The van der Waals surface area contributed by atoms with Gasteiger partial charge in [0.2, 0.25) is 0 Å². The van der Waals surface area contributed by atoms with Crippen LogP contribution < -0.4 is 5.11 Å². The summed E-state index contributed by atoms with van der Waals surface area (Å²) in [6.07, 6.45) is -0.185. The largest absolute Gasteiger partial charge is 0.550 e. The molecule has 0 saturated heterocycles. The van der Waals surface area contributed by atoms with Crippen LogP contribution in [0.4, 0.5) is 0 Å². The lowest BCUT2D eigenvalue weighted by Crippen LogP contribution is -2.40. The maximum Gasteiger partial charge on any atom is 0.104 e. The van der Waals surface area contributed by atoms with Crippen LogP contribution in [0.25, 0.3) is 0 Å². The van der Waals surface area contributed by atoms with Gasteiger partial charge in [-0.25, -0.2) is 0 Å². The van der Waals surface area contributed by atoms with E-state index in [1.165, 1.54) is 0 Å². The van der Waals surface area contributed by atoms with E-state index in [0.717, 1.165) is 18.0 Å².